The molecule has 4 nitrogen and oxygen atoms in total. The third-order valence-corrected chi connectivity index (χ3v) is 3.64. The van der Waals surface area contributed by atoms with Crippen LogP contribution in [0.5, 0.6) is 0 Å². The molecule has 1 aliphatic carbocycles. The Labute approximate surface area is 110 Å². The van der Waals surface area contributed by atoms with E-state index in [0.717, 1.165) is 37.9 Å². The van der Waals surface area contributed by atoms with Gasteiger partial charge in [-0.05, 0) is 18.9 Å². The van der Waals surface area contributed by atoms with Gasteiger partial charge < -0.3 is 11.1 Å². The molecule has 0 saturated heterocycles. The van der Waals surface area contributed by atoms with E-state index in [1.165, 1.54) is 6.20 Å². The molecule has 3 N–H and O–H groups in total. The minimum absolute atomic E-state index is 0.178. The first-order chi connectivity index (χ1) is 8.53. The van der Waals surface area contributed by atoms with E-state index in [2.05, 4.69) is 10.3 Å². The van der Waals surface area contributed by atoms with E-state index in [4.69, 9.17) is 18.0 Å². The van der Waals surface area contributed by atoms with E-state index in [-0.39, 0.29) is 10.6 Å². The molecular weight excluding hydrogens is 253 g/mol. The van der Waals surface area contributed by atoms with Crippen molar-refractivity contribution in [1.82, 2.24) is 10.3 Å². The number of pyridine rings is 1. The minimum atomic E-state index is -0.626. The van der Waals surface area contributed by atoms with Crippen LogP contribution in [0.25, 0.3) is 0 Å². The fourth-order valence-electron chi connectivity index (χ4n) is 2.24. The van der Waals surface area contributed by atoms with Crippen LogP contribution in [-0.2, 0) is 0 Å². The van der Waals surface area contributed by atoms with Crippen LogP contribution in [0.2, 0.25) is 0 Å². The average Bonchev–Trinajstić information content (AvgIpc) is 2.79. The van der Waals surface area contributed by atoms with E-state index in [1.807, 2.05) is 0 Å². The monoisotopic (exact) mass is 267 g/mol. The van der Waals surface area contributed by atoms with Crippen LogP contribution in [0.1, 0.15) is 36.0 Å². The van der Waals surface area contributed by atoms with E-state index in [9.17, 15) is 9.18 Å². The maximum absolute atomic E-state index is 13.0. The summed E-state index contributed by atoms with van der Waals surface area (Å²) >= 11 is 5.03. The van der Waals surface area contributed by atoms with Crippen LogP contribution in [0.4, 0.5) is 4.39 Å². The molecule has 6 heteroatoms. The van der Waals surface area contributed by atoms with E-state index in [0.29, 0.717) is 0 Å². The Bertz CT molecular complexity index is 486. The summed E-state index contributed by atoms with van der Waals surface area (Å²) in [6, 6.07) is 1.14. The molecule has 0 radical (unpaired) electrons. The Kier molecular flexibility index (Phi) is 3.56. The number of halogens is 1. The lowest BCUT2D eigenvalue weighted by Gasteiger charge is -2.29. The van der Waals surface area contributed by atoms with Crippen molar-refractivity contribution in [1.29, 1.82) is 0 Å². The molecule has 0 aromatic carbocycles. The van der Waals surface area contributed by atoms with Gasteiger partial charge in [-0.1, -0.05) is 25.1 Å². The van der Waals surface area contributed by atoms with Crippen LogP contribution in [0.3, 0.4) is 0 Å². The molecule has 0 unspecified atom stereocenters. The third kappa shape index (κ3) is 2.48. The maximum Gasteiger partial charge on any atom is 0.253 e. The first-order valence-electron chi connectivity index (χ1n) is 5.76. The zero-order valence-electron chi connectivity index (χ0n) is 9.78. The standard InChI is InChI=1S/C12H14FN3OS/c13-9-5-8(6-15-7-9)10(17)16-12(11(14)18)3-1-2-4-12/h5-7H,1-4H2,(H2,14,18)(H,16,17). The van der Waals surface area contributed by atoms with Crippen molar-refractivity contribution in [2.24, 2.45) is 5.73 Å². The second-order valence-corrected chi connectivity index (χ2v) is 4.94. The maximum atomic E-state index is 13.0. The van der Waals surface area contributed by atoms with Gasteiger partial charge in [0.25, 0.3) is 5.91 Å². The first kappa shape index (κ1) is 12.9. The first-order valence-corrected chi connectivity index (χ1v) is 6.17. The molecule has 1 saturated carbocycles. The highest BCUT2D eigenvalue weighted by molar-refractivity contribution is 7.80. The van der Waals surface area contributed by atoms with Crippen molar-refractivity contribution in [3.8, 4) is 0 Å². The quantitative estimate of drug-likeness (QED) is 0.815. The number of carbonyl (C=O) groups excluding carboxylic acids is 1. The van der Waals surface area contributed by atoms with E-state index in [1.54, 1.807) is 0 Å². The van der Waals surface area contributed by atoms with Crippen molar-refractivity contribution in [3.63, 3.8) is 0 Å². The van der Waals surface area contributed by atoms with Crippen LogP contribution in [-0.4, -0.2) is 21.4 Å². The Balaban J connectivity index is 2.18. The second-order valence-electron chi connectivity index (χ2n) is 4.50. The molecule has 1 fully saturated rings. The van der Waals surface area contributed by atoms with Crippen molar-refractivity contribution in [2.45, 2.75) is 31.2 Å². The molecule has 1 aliphatic rings. The van der Waals surface area contributed by atoms with E-state index < -0.39 is 17.3 Å². The minimum Gasteiger partial charge on any atom is -0.391 e. The molecular formula is C12H14FN3OS. The van der Waals surface area contributed by atoms with Gasteiger partial charge in [0.05, 0.1) is 22.3 Å². The Morgan fingerprint density at radius 1 is 1.44 bits per heavy atom. The number of aromatic nitrogens is 1. The molecule has 18 heavy (non-hydrogen) atoms. The van der Waals surface area contributed by atoms with Gasteiger partial charge in [0.1, 0.15) is 5.82 Å². The fourth-order valence-corrected chi connectivity index (χ4v) is 2.49. The molecule has 1 aromatic heterocycles. The van der Waals surface area contributed by atoms with Gasteiger partial charge >= 0.3 is 0 Å². The largest absolute Gasteiger partial charge is 0.391 e. The lowest BCUT2D eigenvalue weighted by molar-refractivity contribution is 0.0923. The van der Waals surface area contributed by atoms with Crippen LogP contribution >= 0.6 is 12.2 Å². The number of rotatable bonds is 3. The molecule has 0 atom stereocenters. The lowest BCUT2D eigenvalue weighted by atomic mass is 9.97. The highest BCUT2D eigenvalue weighted by atomic mass is 32.1. The summed E-state index contributed by atoms with van der Waals surface area (Å²) in [6.07, 6.45) is 5.78. The molecule has 96 valence electrons. The normalized spacial score (nSPS) is 17.4. The van der Waals surface area contributed by atoms with Gasteiger partial charge in [-0.3, -0.25) is 9.78 Å². The Hall–Kier alpha value is -1.56. The number of hydrogen-bond donors (Lipinski definition) is 2. The van der Waals surface area contributed by atoms with Crippen LogP contribution in [0.15, 0.2) is 18.5 Å². The van der Waals surface area contributed by atoms with Gasteiger partial charge in [0.2, 0.25) is 0 Å². The predicted molar refractivity (Wildman–Crippen MR) is 69.6 cm³/mol. The topological polar surface area (TPSA) is 68.0 Å². The Morgan fingerprint density at radius 2 is 2.11 bits per heavy atom. The average molecular weight is 267 g/mol. The third-order valence-electron chi connectivity index (χ3n) is 3.25. The summed E-state index contributed by atoms with van der Waals surface area (Å²) in [5.41, 5.74) is 5.27. The molecule has 2 rings (SSSR count). The summed E-state index contributed by atoms with van der Waals surface area (Å²) in [4.78, 5) is 16.0. The van der Waals surface area contributed by atoms with Gasteiger partial charge in [-0.15, -0.1) is 0 Å². The van der Waals surface area contributed by atoms with Crippen molar-refractivity contribution < 1.29 is 9.18 Å². The number of nitrogens with zero attached hydrogens (tertiary/aromatic N) is 1. The van der Waals surface area contributed by atoms with Crippen LogP contribution in [0, 0.1) is 5.82 Å². The molecule has 0 spiro atoms. The van der Waals surface area contributed by atoms with Crippen molar-refractivity contribution >= 4 is 23.1 Å². The zero-order valence-corrected chi connectivity index (χ0v) is 10.6. The molecule has 1 heterocycles. The summed E-state index contributed by atoms with van der Waals surface area (Å²) in [5, 5.41) is 2.82. The van der Waals surface area contributed by atoms with Gasteiger partial charge in [0, 0.05) is 6.20 Å². The summed E-state index contributed by atoms with van der Waals surface area (Å²) < 4.78 is 13.0. The van der Waals surface area contributed by atoms with Crippen LogP contribution < -0.4 is 11.1 Å². The molecule has 1 aromatic rings. The van der Waals surface area contributed by atoms with Crippen molar-refractivity contribution in [3.05, 3.63) is 29.8 Å². The number of nitrogens with one attached hydrogen (secondary N) is 1. The molecule has 0 aliphatic heterocycles. The Morgan fingerprint density at radius 3 is 2.67 bits per heavy atom. The van der Waals surface area contributed by atoms with Gasteiger partial charge in [0.15, 0.2) is 0 Å². The van der Waals surface area contributed by atoms with Gasteiger partial charge in [-0.25, -0.2) is 4.39 Å². The number of nitrogens with two attached hydrogens (primary N) is 1. The number of carbonyl (C=O) groups is 1. The predicted octanol–water partition coefficient (Wildman–Crippen LogP) is 1.55. The lowest BCUT2D eigenvalue weighted by Crippen LogP contribution is -2.54. The zero-order chi connectivity index (χ0) is 13.2. The molecule has 0 bridgehead atoms. The van der Waals surface area contributed by atoms with E-state index >= 15 is 0 Å². The smallest absolute Gasteiger partial charge is 0.253 e. The number of amides is 1. The molecule has 1 amide bonds. The summed E-state index contributed by atoms with van der Waals surface area (Å²) in [6.45, 7) is 0. The number of hydrogen-bond acceptors (Lipinski definition) is 3. The second kappa shape index (κ2) is 4.97. The summed E-state index contributed by atoms with van der Waals surface area (Å²) in [7, 11) is 0. The summed E-state index contributed by atoms with van der Waals surface area (Å²) in [5.74, 6) is -0.935. The fraction of sp³-hybridized carbons (Fsp3) is 0.417. The van der Waals surface area contributed by atoms with Gasteiger partial charge in [-0.2, -0.15) is 0 Å². The van der Waals surface area contributed by atoms with Crippen molar-refractivity contribution in [2.75, 3.05) is 0 Å². The number of thiocarbonyl (C=S) groups is 1. The SMILES string of the molecule is NC(=S)C1(NC(=O)c2cncc(F)c2)CCCC1. The highest BCUT2D eigenvalue weighted by Gasteiger charge is 2.38. The highest BCUT2D eigenvalue weighted by Crippen LogP contribution is 2.30.